The zero-order valence-electron chi connectivity index (χ0n) is 11.9. The fraction of sp³-hybridized carbons (Fsp3) is 0.600. The van der Waals surface area contributed by atoms with Crippen molar-refractivity contribution in [1.82, 2.24) is 5.32 Å². The lowest BCUT2D eigenvalue weighted by atomic mass is 10.2. The molecule has 0 aliphatic carbocycles. The van der Waals surface area contributed by atoms with Crippen LogP contribution in [0, 0.1) is 0 Å². The third-order valence-electron chi connectivity index (χ3n) is 2.87. The molecule has 114 valence electrons. The van der Waals surface area contributed by atoms with E-state index in [0.717, 1.165) is 18.4 Å². The Kier molecular flexibility index (Phi) is 8.82. The first-order chi connectivity index (χ1) is 9.61. The molecule has 5 heteroatoms. The largest absolute Gasteiger partial charge is 0.392 e. The monoisotopic (exact) mass is 301 g/mol. The minimum absolute atomic E-state index is 0.263. The van der Waals surface area contributed by atoms with E-state index in [1.165, 1.54) is 0 Å². The molecule has 3 N–H and O–H groups in total. The van der Waals surface area contributed by atoms with E-state index in [1.54, 1.807) is 0 Å². The molecular formula is C15H24ClNO3. The van der Waals surface area contributed by atoms with Crippen molar-refractivity contribution in [2.24, 2.45) is 0 Å². The Bertz CT molecular complexity index is 359. The molecule has 1 rings (SSSR count). The summed E-state index contributed by atoms with van der Waals surface area (Å²) in [4.78, 5) is 0. The van der Waals surface area contributed by atoms with Crippen LogP contribution in [0.15, 0.2) is 24.3 Å². The van der Waals surface area contributed by atoms with Crippen LogP contribution in [0.2, 0.25) is 5.02 Å². The molecule has 2 atom stereocenters. The molecule has 0 fully saturated rings. The van der Waals surface area contributed by atoms with Crippen molar-refractivity contribution in [2.75, 3.05) is 19.7 Å². The Balaban J connectivity index is 2.08. The van der Waals surface area contributed by atoms with Gasteiger partial charge in [0.15, 0.2) is 0 Å². The number of hydrogen-bond acceptors (Lipinski definition) is 4. The van der Waals surface area contributed by atoms with E-state index in [-0.39, 0.29) is 12.7 Å². The summed E-state index contributed by atoms with van der Waals surface area (Å²) < 4.78 is 5.43. The SMILES string of the molecule is CCCC(O)CNCC(O)COCc1ccc(Cl)cc1. The molecule has 0 aliphatic heterocycles. The van der Waals surface area contributed by atoms with Gasteiger partial charge in [0, 0.05) is 18.1 Å². The van der Waals surface area contributed by atoms with Gasteiger partial charge in [0.05, 0.1) is 25.4 Å². The zero-order chi connectivity index (χ0) is 14.8. The van der Waals surface area contributed by atoms with Crippen molar-refractivity contribution in [2.45, 2.75) is 38.6 Å². The topological polar surface area (TPSA) is 61.7 Å². The molecular weight excluding hydrogens is 278 g/mol. The Morgan fingerprint density at radius 1 is 1.15 bits per heavy atom. The molecule has 0 bridgehead atoms. The van der Waals surface area contributed by atoms with Gasteiger partial charge in [-0.15, -0.1) is 0 Å². The van der Waals surface area contributed by atoms with Crippen LogP contribution >= 0.6 is 11.6 Å². The van der Waals surface area contributed by atoms with Gasteiger partial charge < -0.3 is 20.3 Å². The molecule has 0 saturated carbocycles. The fourth-order valence-corrected chi connectivity index (χ4v) is 1.93. The highest BCUT2D eigenvalue weighted by Crippen LogP contribution is 2.10. The minimum atomic E-state index is -0.573. The molecule has 20 heavy (non-hydrogen) atoms. The van der Waals surface area contributed by atoms with Crippen LogP contribution in [-0.4, -0.2) is 42.1 Å². The second-order valence-corrected chi connectivity index (χ2v) is 5.33. The number of nitrogens with one attached hydrogen (secondary N) is 1. The van der Waals surface area contributed by atoms with Gasteiger partial charge in [0.2, 0.25) is 0 Å². The molecule has 0 amide bonds. The second-order valence-electron chi connectivity index (χ2n) is 4.90. The fourth-order valence-electron chi connectivity index (χ4n) is 1.80. The highest BCUT2D eigenvalue weighted by Gasteiger charge is 2.06. The van der Waals surface area contributed by atoms with Gasteiger partial charge in [-0.2, -0.15) is 0 Å². The lowest BCUT2D eigenvalue weighted by Gasteiger charge is -2.14. The summed E-state index contributed by atoms with van der Waals surface area (Å²) in [5.41, 5.74) is 1.02. The lowest BCUT2D eigenvalue weighted by Crippen LogP contribution is -2.35. The normalized spacial score (nSPS) is 14.2. The van der Waals surface area contributed by atoms with Crippen LogP contribution in [0.25, 0.3) is 0 Å². The van der Waals surface area contributed by atoms with Gasteiger partial charge in [-0.05, 0) is 24.1 Å². The van der Waals surface area contributed by atoms with Crippen molar-refractivity contribution < 1.29 is 14.9 Å². The van der Waals surface area contributed by atoms with Gasteiger partial charge in [-0.25, -0.2) is 0 Å². The van der Waals surface area contributed by atoms with Gasteiger partial charge in [-0.1, -0.05) is 37.1 Å². The van der Waals surface area contributed by atoms with Gasteiger partial charge in [0.1, 0.15) is 0 Å². The maximum Gasteiger partial charge on any atom is 0.0897 e. The summed E-state index contributed by atoms with van der Waals surface area (Å²) in [6.45, 7) is 3.67. The molecule has 0 radical (unpaired) electrons. The van der Waals surface area contributed by atoms with E-state index in [2.05, 4.69) is 5.32 Å². The summed E-state index contributed by atoms with van der Waals surface area (Å²) in [6.07, 6.45) is 0.810. The molecule has 0 aliphatic rings. The van der Waals surface area contributed by atoms with Crippen molar-refractivity contribution in [1.29, 1.82) is 0 Å². The Morgan fingerprint density at radius 2 is 1.80 bits per heavy atom. The van der Waals surface area contributed by atoms with Gasteiger partial charge in [-0.3, -0.25) is 0 Å². The second kappa shape index (κ2) is 10.1. The first kappa shape index (κ1) is 17.4. The Labute approximate surface area is 125 Å². The molecule has 4 nitrogen and oxygen atoms in total. The molecule has 0 spiro atoms. The molecule has 0 aromatic heterocycles. The standard InChI is InChI=1S/C15H24ClNO3/c1-2-3-14(18)8-17-9-15(19)11-20-10-12-4-6-13(16)7-5-12/h4-7,14-15,17-19H,2-3,8-11H2,1H3. The van der Waals surface area contributed by atoms with E-state index in [1.807, 2.05) is 31.2 Å². The summed E-state index contributed by atoms with van der Waals surface area (Å²) in [7, 11) is 0. The lowest BCUT2D eigenvalue weighted by molar-refractivity contribution is 0.0272. The number of aliphatic hydroxyl groups is 2. The molecule has 1 aromatic rings. The van der Waals surface area contributed by atoms with E-state index in [4.69, 9.17) is 16.3 Å². The van der Waals surface area contributed by atoms with E-state index < -0.39 is 6.10 Å². The van der Waals surface area contributed by atoms with Crippen LogP contribution in [0.1, 0.15) is 25.3 Å². The summed E-state index contributed by atoms with van der Waals surface area (Å²) in [6, 6.07) is 7.42. The van der Waals surface area contributed by atoms with Crippen LogP contribution in [0.3, 0.4) is 0 Å². The molecule has 0 saturated heterocycles. The molecule has 1 aromatic carbocycles. The number of halogens is 1. The average molecular weight is 302 g/mol. The Hall–Kier alpha value is -0.650. The van der Waals surface area contributed by atoms with Crippen molar-refractivity contribution in [3.63, 3.8) is 0 Å². The van der Waals surface area contributed by atoms with Crippen molar-refractivity contribution in [3.8, 4) is 0 Å². The molecule has 2 unspecified atom stereocenters. The summed E-state index contributed by atoms with van der Waals surface area (Å²) in [5, 5.41) is 23.0. The Morgan fingerprint density at radius 3 is 2.45 bits per heavy atom. The van der Waals surface area contributed by atoms with Crippen LogP contribution in [-0.2, 0) is 11.3 Å². The van der Waals surface area contributed by atoms with Gasteiger partial charge in [0.25, 0.3) is 0 Å². The number of aliphatic hydroxyl groups excluding tert-OH is 2. The number of benzene rings is 1. The van der Waals surface area contributed by atoms with Crippen LogP contribution < -0.4 is 5.32 Å². The smallest absolute Gasteiger partial charge is 0.0897 e. The highest BCUT2D eigenvalue weighted by atomic mass is 35.5. The van der Waals surface area contributed by atoms with Crippen molar-refractivity contribution >= 4 is 11.6 Å². The van der Waals surface area contributed by atoms with Crippen LogP contribution in [0.4, 0.5) is 0 Å². The highest BCUT2D eigenvalue weighted by molar-refractivity contribution is 6.30. The van der Waals surface area contributed by atoms with Crippen molar-refractivity contribution in [3.05, 3.63) is 34.9 Å². The predicted molar refractivity (Wildman–Crippen MR) is 80.9 cm³/mol. The third kappa shape index (κ3) is 7.82. The zero-order valence-corrected chi connectivity index (χ0v) is 12.6. The minimum Gasteiger partial charge on any atom is -0.392 e. The van der Waals surface area contributed by atoms with Crippen LogP contribution in [0.5, 0.6) is 0 Å². The number of hydrogen-bond donors (Lipinski definition) is 3. The van der Waals surface area contributed by atoms with E-state index in [9.17, 15) is 10.2 Å². The van der Waals surface area contributed by atoms with E-state index in [0.29, 0.717) is 24.7 Å². The number of rotatable bonds is 10. The molecule has 0 heterocycles. The van der Waals surface area contributed by atoms with Gasteiger partial charge >= 0.3 is 0 Å². The maximum atomic E-state index is 9.72. The first-order valence-corrected chi connectivity index (χ1v) is 7.38. The maximum absolute atomic E-state index is 9.72. The summed E-state index contributed by atoms with van der Waals surface area (Å²) in [5.74, 6) is 0. The number of ether oxygens (including phenoxy) is 1. The average Bonchev–Trinajstić information content (AvgIpc) is 2.41. The quantitative estimate of drug-likeness (QED) is 0.618. The van der Waals surface area contributed by atoms with E-state index >= 15 is 0 Å². The first-order valence-electron chi connectivity index (χ1n) is 7.00. The third-order valence-corrected chi connectivity index (χ3v) is 3.13. The summed E-state index contributed by atoms with van der Waals surface area (Å²) >= 11 is 5.79. The predicted octanol–water partition coefficient (Wildman–Crippen LogP) is 1.97.